The Morgan fingerprint density at radius 2 is 2.22 bits per heavy atom. The Balaban J connectivity index is 2.75. The summed E-state index contributed by atoms with van der Waals surface area (Å²) in [4.78, 5) is 13.2. The lowest BCUT2D eigenvalue weighted by Gasteiger charge is -2.21. The molecule has 0 aliphatic heterocycles. The van der Waals surface area contributed by atoms with Gasteiger partial charge in [0, 0.05) is 19.7 Å². The van der Waals surface area contributed by atoms with Crippen molar-refractivity contribution in [3.8, 4) is 0 Å². The van der Waals surface area contributed by atoms with E-state index in [0.29, 0.717) is 21.5 Å². The average Bonchev–Trinajstić information content (AvgIpc) is 2.31. The predicted molar refractivity (Wildman–Crippen MR) is 80.1 cm³/mol. The standard InChI is InChI=1S/C12H17FIN3O/c1-3-4-16-12(18)7-17(2)11-5-8(13)9(14)6-10(11)15/h5-6H,3-4,7,15H2,1-2H3,(H,16,18). The Hall–Kier alpha value is -1.05. The molecule has 0 unspecified atom stereocenters. The number of benzene rings is 1. The topological polar surface area (TPSA) is 58.4 Å². The number of nitrogens with two attached hydrogens (primary N) is 1. The zero-order valence-corrected chi connectivity index (χ0v) is 12.6. The summed E-state index contributed by atoms with van der Waals surface area (Å²) in [7, 11) is 1.71. The van der Waals surface area contributed by atoms with Crippen LogP contribution in [0.4, 0.5) is 15.8 Å². The highest BCUT2D eigenvalue weighted by molar-refractivity contribution is 14.1. The normalized spacial score (nSPS) is 10.2. The van der Waals surface area contributed by atoms with Gasteiger partial charge in [-0.2, -0.15) is 0 Å². The van der Waals surface area contributed by atoms with E-state index in [1.807, 2.05) is 29.5 Å². The van der Waals surface area contributed by atoms with Crippen molar-refractivity contribution < 1.29 is 9.18 Å². The van der Waals surface area contributed by atoms with Gasteiger partial charge in [0.15, 0.2) is 0 Å². The molecule has 0 spiro atoms. The molecule has 100 valence electrons. The molecule has 0 radical (unpaired) electrons. The molecule has 0 saturated carbocycles. The maximum absolute atomic E-state index is 13.5. The van der Waals surface area contributed by atoms with E-state index in [4.69, 9.17) is 5.73 Å². The van der Waals surface area contributed by atoms with Crippen molar-refractivity contribution in [2.75, 3.05) is 30.8 Å². The molecule has 3 N–H and O–H groups in total. The summed E-state index contributed by atoms with van der Waals surface area (Å²) < 4.78 is 13.9. The maximum Gasteiger partial charge on any atom is 0.239 e. The quantitative estimate of drug-likeness (QED) is 0.620. The molecule has 0 heterocycles. The highest BCUT2D eigenvalue weighted by atomic mass is 127. The van der Waals surface area contributed by atoms with Crippen molar-refractivity contribution in [3.05, 3.63) is 21.5 Å². The van der Waals surface area contributed by atoms with Crippen molar-refractivity contribution in [3.63, 3.8) is 0 Å². The number of likely N-dealkylation sites (N-methyl/N-ethyl adjacent to an activating group) is 1. The summed E-state index contributed by atoms with van der Waals surface area (Å²) in [5.74, 6) is -0.432. The zero-order valence-electron chi connectivity index (χ0n) is 10.5. The lowest BCUT2D eigenvalue weighted by Crippen LogP contribution is -2.35. The fraction of sp³-hybridized carbons (Fsp3) is 0.417. The second-order valence-electron chi connectivity index (χ2n) is 4.03. The number of halogens is 2. The van der Waals surface area contributed by atoms with Crippen LogP contribution in [0.25, 0.3) is 0 Å². The third-order valence-electron chi connectivity index (χ3n) is 2.43. The third-order valence-corrected chi connectivity index (χ3v) is 3.26. The first-order chi connectivity index (χ1) is 8.45. The Bertz CT molecular complexity index is 440. The van der Waals surface area contributed by atoms with Crippen molar-refractivity contribution in [2.24, 2.45) is 0 Å². The second-order valence-corrected chi connectivity index (χ2v) is 5.19. The molecule has 0 aliphatic carbocycles. The van der Waals surface area contributed by atoms with Gasteiger partial charge in [0.25, 0.3) is 0 Å². The number of hydrogen-bond donors (Lipinski definition) is 2. The lowest BCUT2D eigenvalue weighted by atomic mass is 10.2. The summed E-state index contributed by atoms with van der Waals surface area (Å²) in [6.45, 7) is 2.78. The summed E-state index contributed by atoms with van der Waals surface area (Å²) in [6, 6.07) is 2.91. The molecule has 4 nitrogen and oxygen atoms in total. The predicted octanol–water partition coefficient (Wildman–Crippen LogP) is 1.97. The van der Waals surface area contributed by atoms with Crippen molar-refractivity contribution in [1.82, 2.24) is 5.32 Å². The van der Waals surface area contributed by atoms with E-state index in [1.165, 1.54) is 6.07 Å². The third kappa shape index (κ3) is 4.01. The second kappa shape index (κ2) is 6.77. The number of hydrogen-bond acceptors (Lipinski definition) is 3. The van der Waals surface area contributed by atoms with E-state index < -0.39 is 0 Å². The van der Waals surface area contributed by atoms with Gasteiger partial charge >= 0.3 is 0 Å². The minimum Gasteiger partial charge on any atom is -0.397 e. The van der Waals surface area contributed by atoms with Crippen LogP contribution in [0.15, 0.2) is 12.1 Å². The first-order valence-corrected chi connectivity index (χ1v) is 6.76. The van der Waals surface area contributed by atoms with Gasteiger partial charge < -0.3 is 16.0 Å². The van der Waals surface area contributed by atoms with Gasteiger partial charge in [0.05, 0.1) is 21.5 Å². The molecule has 0 aliphatic rings. The van der Waals surface area contributed by atoms with Crippen molar-refractivity contribution in [2.45, 2.75) is 13.3 Å². The highest BCUT2D eigenvalue weighted by Crippen LogP contribution is 2.26. The van der Waals surface area contributed by atoms with Gasteiger partial charge in [0.2, 0.25) is 5.91 Å². The minimum absolute atomic E-state index is 0.0993. The molecule has 6 heteroatoms. The largest absolute Gasteiger partial charge is 0.397 e. The Labute approximate surface area is 120 Å². The van der Waals surface area contributed by atoms with Crippen LogP contribution in [0.5, 0.6) is 0 Å². The number of carbonyl (C=O) groups is 1. The fourth-order valence-corrected chi connectivity index (χ4v) is 1.99. The molecular weight excluding hydrogens is 348 g/mol. The smallest absolute Gasteiger partial charge is 0.239 e. The summed E-state index contributed by atoms with van der Waals surface area (Å²) >= 11 is 1.88. The van der Waals surface area contributed by atoms with E-state index in [9.17, 15) is 9.18 Å². The molecule has 1 rings (SSSR count). The van der Waals surface area contributed by atoms with Gasteiger partial charge in [-0.05, 0) is 35.1 Å². The fourth-order valence-electron chi connectivity index (χ4n) is 1.50. The van der Waals surface area contributed by atoms with Crippen LogP contribution in [0, 0.1) is 9.39 Å². The molecule has 1 aromatic rings. The van der Waals surface area contributed by atoms with Gasteiger partial charge in [-0.25, -0.2) is 4.39 Å². The zero-order chi connectivity index (χ0) is 13.7. The monoisotopic (exact) mass is 365 g/mol. The van der Waals surface area contributed by atoms with Crippen LogP contribution in [0.3, 0.4) is 0 Å². The molecular formula is C12H17FIN3O. The summed E-state index contributed by atoms with van der Waals surface area (Å²) in [6.07, 6.45) is 0.885. The molecule has 0 aromatic heterocycles. The highest BCUT2D eigenvalue weighted by Gasteiger charge is 2.12. The molecule has 1 amide bonds. The summed E-state index contributed by atoms with van der Waals surface area (Å²) in [5, 5.41) is 2.76. The number of anilines is 2. The molecule has 0 atom stereocenters. The molecule has 0 bridgehead atoms. The number of nitrogens with one attached hydrogen (secondary N) is 1. The van der Waals surface area contributed by atoms with Gasteiger partial charge in [0.1, 0.15) is 5.82 Å². The van der Waals surface area contributed by atoms with Crippen molar-refractivity contribution >= 4 is 39.9 Å². The number of nitrogen functional groups attached to an aromatic ring is 1. The van der Waals surface area contributed by atoms with Crippen LogP contribution < -0.4 is 16.0 Å². The Morgan fingerprint density at radius 3 is 2.83 bits per heavy atom. The Morgan fingerprint density at radius 1 is 1.56 bits per heavy atom. The number of nitrogens with zero attached hydrogens (tertiary/aromatic N) is 1. The Kier molecular flexibility index (Phi) is 5.64. The van der Waals surface area contributed by atoms with E-state index >= 15 is 0 Å². The SMILES string of the molecule is CCCNC(=O)CN(C)c1cc(F)c(I)cc1N. The molecule has 0 fully saturated rings. The molecule has 1 aromatic carbocycles. The lowest BCUT2D eigenvalue weighted by molar-refractivity contribution is -0.119. The minimum atomic E-state index is -0.333. The van der Waals surface area contributed by atoms with E-state index in [0.717, 1.165) is 6.42 Å². The maximum atomic E-state index is 13.5. The van der Waals surface area contributed by atoms with E-state index in [1.54, 1.807) is 18.0 Å². The molecule has 18 heavy (non-hydrogen) atoms. The van der Waals surface area contributed by atoms with Crippen molar-refractivity contribution in [1.29, 1.82) is 0 Å². The van der Waals surface area contributed by atoms with Gasteiger partial charge in [-0.15, -0.1) is 0 Å². The van der Waals surface area contributed by atoms with Crippen LogP contribution in [-0.4, -0.2) is 26.0 Å². The van der Waals surface area contributed by atoms with E-state index in [-0.39, 0.29) is 18.3 Å². The summed E-state index contributed by atoms with van der Waals surface area (Å²) in [5.41, 5.74) is 6.81. The molecule has 0 saturated heterocycles. The number of rotatable bonds is 5. The first-order valence-electron chi connectivity index (χ1n) is 5.68. The van der Waals surface area contributed by atoms with Crippen LogP contribution in [0.2, 0.25) is 0 Å². The van der Waals surface area contributed by atoms with Crippen LogP contribution in [-0.2, 0) is 4.79 Å². The number of amides is 1. The number of carbonyl (C=O) groups excluding carboxylic acids is 1. The van der Waals surface area contributed by atoms with Gasteiger partial charge in [-0.1, -0.05) is 6.92 Å². The van der Waals surface area contributed by atoms with E-state index in [2.05, 4.69) is 5.32 Å². The first kappa shape index (κ1) is 15.0. The van der Waals surface area contributed by atoms with Crippen LogP contribution in [0.1, 0.15) is 13.3 Å². The van der Waals surface area contributed by atoms with Gasteiger partial charge in [-0.3, -0.25) is 4.79 Å². The van der Waals surface area contributed by atoms with Crippen LogP contribution >= 0.6 is 22.6 Å². The average molecular weight is 365 g/mol.